The summed E-state index contributed by atoms with van der Waals surface area (Å²) in [6.07, 6.45) is 0.179. The second-order valence-electron chi connectivity index (χ2n) is 9.90. The Bertz CT molecular complexity index is 2020. The fourth-order valence-corrected chi connectivity index (χ4v) is 5.71. The van der Waals surface area contributed by atoms with E-state index in [9.17, 15) is 19.8 Å². The Hall–Kier alpha value is -4.83. The van der Waals surface area contributed by atoms with Crippen LogP contribution in [-0.4, -0.2) is 29.7 Å². The van der Waals surface area contributed by atoms with Crippen LogP contribution in [-0.2, 0) is 0 Å². The number of halogens is 1. The first-order chi connectivity index (χ1) is 20.4. The predicted molar refractivity (Wildman–Crippen MR) is 163 cm³/mol. The van der Waals surface area contributed by atoms with E-state index < -0.39 is 23.8 Å². The predicted octanol–water partition coefficient (Wildman–Crippen LogP) is 5.22. The van der Waals surface area contributed by atoms with Gasteiger partial charge in [-0.3, -0.25) is 14.2 Å². The Balaban J connectivity index is 1.56. The molecule has 210 valence electrons. The van der Waals surface area contributed by atoms with Gasteiger partial charge in [-0.2, -0.15) is 0 Å². The van der Waals surface area contributed by atoms with Gasteiger partial charge in [0.2, 0.25) is 0 Å². The summed E-state index contributed by atoms with van der Waals surface area (Å²) in [6.45, 7) is 1.81. The van der Waals surface area contributed by atoms with E-state index in [-0.39, 0.29) is 32.6 Å². The molecule has 42 heavy (non-hydrogen) atoms. The van der Waals surface area contributed by atoms with E-state index in [1.165, 1.54) is 23.2 Å². The van der Waals surface area contributed by atoms with Crippen LogP contribution in [0.15, 0.2) is 107 Å². The molecule has 3 aromatic heterocycles. The topological polar surface area (TPSA) is 133 Å². The second kappa shape index (κ2) is 11.2. The lowest BCUT2D eigenvalue weighted by Crippen LogP contribution is -2.28. The molecule has 4 N–H and O–H groups in total. The van der Waals surface area contributed by atoms with E-state index in [0.29, 0.717) is 28.0 Å². The molecule has 0 amide bonds. The van der Waals surface area contributed by atoms with Crippen LogP contribution in [0.5, 0.6) is 0 Å². The molecule has 3 heterocycles. The molecule has 0 bridgehead atoms. The van der Waals surface area contributed by atoms with Crippen molar-refractivity contribution >= 4 is 39.2 Å². The van der Waals surface area contributed by atoms with Gasteiger partial charge in [0.25, 0.3) is 5.56 Å². The van der Waals surface area contributed by atoms with Crippen LogP contribution in [0, 0.1) is 0 Å². The van der Waals surface area contributed by atoms with Gasteiger partial charge in [-0.05, 0) is 30.2 Å². The zero-order valence-electron chi connectivity index (χ0n) is 22.4. The van der Waals surface area contributed by atoms with E-state index >= 15 is 0 Å². The van der Waals surface area contributed by atoms with Crippen LogP contribution in [0.4, 0.5) is 5.82 Å². The normalized spacial score (nSPS) is 13.6. The highest BCUT2D eigenvalue weighted by atomic mass is 35.5. The summed E-state index contributed by atoms with van der Waals surface area (Å²) in [6, 6.07) is 23.6. The van der Waals surface area contributed by atoms with Crippen molar-refractivity contribution in [1.29, 1.82) is 0 Å². The van der Waals surface area contributed by atoms with Crippen LogP contribution in [0.1, 0.15) is 42.0 Å². The van der Waals surface area contributed by atoms with Crippen LogP contribution < -0.4 is 16.3 Å². The first kappa shape index (κ1) is 27.3. The number of pyridine rings is 2. The molecule has 0 aliphatic carbocycles. The number of aromatic amines is 1. The lowest BCUT2D eigenvalue weighted by Gasteiger charge is -2.25. The molecule has 6 rings (SSSR count). The second-order valence-corrected chi connectivity index (χ2v) is 10.3. The summed E-state index contributed by atoms with van der Waals surface area (Å²) in [4.78, 5) is 38.5. The quantitative estimate of drug-likeness (QED) is 0.204. The van der Waals surface area contributed by atoms with Gasteiger partial charge in [0.1, 0.15) is 35.4 Å². The number of hydrogen-bond acceptors (Lipinski definition) is 7. The summed E-state index contributed by atoms with van der Waals surface area (Å²) >= 11 is 7.11. The number of H-pyrrole nitrogens is 1. The summed E-state index contributed by atoms with van der Waals surface area (Å²) in [5.74, 6) is 0.285. The highest BCUT2D eigenvalue weighted by Gasteiger charge is 2.28. The standard InChI is InChI=1S/C32H26ClN5O4/c1-18(37-31-25-23(39)15-16-34-30(25)35-17-36-31)27-26(33)21-13-8-14-22(29(41)28(40)19-9-4-2-5-10-19)24(21)32(42)38(27)20-11-6-3-7-12-20/h2-18,28-29,40-41H,1H3,(H2,34,35,36,37,39)/t18-,28?,29?/m0/s1. The van der Waals surface area contributed by atoms with Gasteiger partial charge in [0.15, 0.2) is 5.43 Å². The van der Waals surface area contributed by atoms with E-state index in [2.05, 4.69) is 20.3 Å². The molecule has 2 unspecified atom stereocenters. The molecular formula is C32H26ClN5O4. The van der Waals surface area contributed by atoms with Crippen molar-refractivity contribution in [2.45, 2.75) is 25.2 Å². The first-order valence-corrected chi connectivity index (χ1v) is 13.7. The number of nitrogens with zero attached hydrogens (tertiary/aromatic N) is 3. The van der Waals surface area contributed by atoms with Crippen molar-refractivity contribution in [3.63, 3.8) is 0 Å². The third-order valence-corrected chi connectivity index (χ3v) is 7.70. The molecule has 0 fully saturated rings. The number of fused-ring (bicyclic) bond motifs is 2. The smallest absolute Gasteiger partial charge is 0.263 e. The summed E-state index contributed by atoms with van der Waals surface area (Å²) in [5, 5.41) is 26.7. The highest BCUT2D eigenvalue weighted by molar-refractivity contribution is 6.36. The van der Waals surface area contributed by atoms with Crippen molar-refractivity contribution in [1.82, 2.24) is 19.5 Å². The summed E-state index contributed by atoms with van der Waals surface area (Å²) in [5.41, 5.74) is 1.42. The molecule has 0 aliphatic heterocycles. The fraction of sp³-hybridized carbons (Fsp3) is 0.125. The van der Waals surface area contributed by atoms with Gasteiger partial charge in [-0.15, -0.1) is 0 Å². The minimum atomic E-state index is -1.40. The maximum absolute atomic E-state index is 14.4. The number of hydrogen-bond donors (Lipinski definition) is 4. The highest BCUT2D eigenvalue weighted by Crippen LogP contribution is 2.37. The summed E-state index contributed by atoms with van der Waals surface area (Å²) in [7, 11) is 0. The third-order valence-electron chi connectivity index (χ3n) is 7.30. The molecule has 0 saturated heterocycles. The molecule has 6 aromatic rings. The zero-order valence-corrected chi connectivity index (χ0v) is 23.2. The number of nitrogens with one attached hydrogen (secondary N) is 2. The van der Waals surface area contributed by atoms with Crippen LogP contribution in [0.25, 0.3) is 27.5 Å². The van der Waals surface area contributed by atoms with Crippen LogP contribution in [0.2, 0.25) is 5.02 Å². The number of aliphatic hydroxyl groups excluding tert-OH is 2. The van der Waals surface area contributed by atoms with Gasteiger partial charge in [0, 0.05) is 23.3 Å². The molecule has 0 aliphatic rings. The van der Waals surface area contributed by atoms with E-state index in [0.717, 1.165) is 0 Å². The van der Waals surface area contributed by atoms with Crippen LogP contribution >= 0.6 is 11.6 Å². The van der Waals surface area contributed by atoms with Crippen molar-refractivity contribution in [3.05, 3.63) is 140 Å². The third kappa shape index (κ3) is 4.73. The SMILES string of the molecule is C[C@H](Nc1ncnc2[nH]ccc(=O)c12)c1c(Cl)c2cccc(C(O)C(O)c3ccccc3)c2c(=O)n1-c1ccccc1. The van der Waals surface area contributed by atoms with E-state index in [1.54, 1.807) is 66.7 Å². The lowest BCUT2D eigenvalue weighted by molar-refractivity contribution is 0.0181. The molecular weight excluding hydrogens is 554 g/mol. The average molecular weight is 580 g/mol. The van der Waals surface area contributed by atoms with Gasteiger partial charge in [-0.1, -0.05) is 78.3 Å². The Labute approximate surface area is 244 Å². The molecule has 0 spiro atoms. The number of para-hydroxylation sites is 1. The zero-order chi connectivity index (χ0) is 29.4. The van der Waals surface area contributed by atoms with E-state index in [4.69, 9.17) is 11.6 Å². The fourth-order valence-electron chi connectivity index (χ4n) is 5.31. The van der Waals surface area contributed by atoms with Crippen molar-refractivity contribution in [2.75, 3.05) is 5.32 Å². The lowest BCUT2D eigenvalue weighted by atomic mass is 9.94. The average Bonchev–Trinajstić information content (AvgIpc) is 3.02. The number of benzene rings is 3. The van der Waals surface area contributed by atoms with Crippen LogP contribution in [0.3, 0.4) is 0 Å². The minimum absolute atomic E-state index is 0.189. The molecule has 3 aromatic carbocycles. The number of aromatic nitrogens is 4. The maximum atomic E-state index is 14.4. The van der Waals surface area contributed by atoms with Crippen molar-refractivity contribution in [2.24, 2.45) is 0 Å². The Morgan fingerprint density at radius 1 is 0.857 bits per heavy atom. The molecule has 10 heteroatoms. The number of anilines is 1. The maximum Gasteiger partial charge on any atom is 0.263 e. The Kier molecular flexibility index (Phi) is 7.30. The van der Waals surface area contributed by atoms with E-state index in [1.807, 2.05) is 19.1 Å². The van der Waals surface area contributed by atoms with Crippen molar-refractivity contribution < 1.29 is 10.2 Å². The first-order valence-electron chi connectivity index (χ1n) is 13.3. The largest absolute Gasteiger partial charge is 0.385 e. The minimum Gasteiger partial charge on any atom is -0.385 e. The molecule has 0 saturated carbocycles. The molecule has 3 atom stereocenters. The summed E-state index contributed by atoms with van der Waals surface area (Å²) < 4.78 is 1.49. The van der Waals surface area contributed by atoms with Gasteiger partial charge in [0.05, 0.1) is 22.1 Å². The Morgan fingerprint density at radius 3 is 2.31 bits per heavy atom. The number of rotatable bonds is 7. The number of aliphatic hydroxyl groups is 2. The van der Waals surface area contributed by atoms with Gasteiger partial charge in [-0.25, -0.2) is 9.97 Å². The Morgan fingerprint density at radius 2 is 1.57 bits per heavy atom. The molecule has 0 radical (unpaired) electrons. The van der Waals surface area contributed by atoms with Crippen molar-refractivity contribution in [3.8, 4) is 5.69 Å². The van der Waals surface area contributed by atoms with Gasteiger partial charge >= 0.3 is 0 Å². The molecule has 9 nitrogen and oxygen atoms in total. The monoisotopic (exact) mass is 579 g/mol. The van der Waals surface area contributed by atoms with Gasteiger partial charge < -0.3 is 20.5 Å².